The molecule has 0 aliphatic heterocycles. The number of nitriles is 1. The minimum absolute atomic E-state index is 0.142. The quantitative estimate of drug-likeness (QED) is 0.405. The van der Waals surface area contributed by atoms with Gasteiger partial charge in [-0.2, -0.15) is 5.26 Å². The molecule has 0 N–H and O–H groups in total. The zero-order valence-electron chi connectivity index (χ0n) is 8.82. The molecular weight excluding hydrogens is 192 g/mol. The Morgan fingerprint density at radius 3 is 2.60 bits per heavy atom. The summed E-state index contributed by atoms with van der Waals surface area (Å²) in [5.74, 6) is 0.0431. The number of rotatable bonds is 4. The van der Waals surface area contributed by atoms with Crippen molar-refractivity contribution in [1.29, 1.82) is 5.26 Å². The molecule has 4 nitrogen and oxygen atoms in total. The van der Waals surface area contributed by atoms with Gasteiger partial charge < -0.3 is 0 Å². The van der Waals surface area contributed by atoms with Crippen LogP contribution in [-0.2, 0) is 0 Å². The Morgan fingerprint density at radius 1 is 1.53 bits per heavy atom. The maximum Gasteiger partial charge on any atom is 0.211 e. The smallest absolute Gasteiger partial charge is 0.211 e. The van der Waals surface area contributed by atoms with Gasteiger partial charge in [-0.1, -0.05) is 25.8 Å². The molecule has 0 bridgehead atoms. The van der Waals surface area contributed by atoms with E-state index in [0.29, 0.717) is 5.57 Å². The first-order valence-electron chi connectivity index (χ1n) is 5.36. The van der Waals surface area contributed by atoms with Crippen molar-refractivity contribution in [3.63, 3.8) is 0 Å². The molecule has 0 saturated heterocycles. The molecule has 0 amide bonds. The van der Waals surface area contributed by atoms with E-state index in [0.717, 1.165) is 25.7 Å². The number of nitrogens with zero attached hydrogens (tertiary/aromatic N) is 2. The normalized spacial score (nSPS) is 19.1. The summed E-state index contributed by atoms with van der Waals surface area (Å²) in [4.78, 5) is 10.2. The van der Waals surface area contributed by atoms with Crippen molar-refractivity contribution in [1.82, 2.24) is 0 Å². The molecule has 15 heavy (non-hydrogen) atoms. The van der Waals surface area contributed by atoms with Gasteiger partial charge in [-0.25, -0.2) is 0 Å². The molecule has 1 atom stereocenters. The van der Waals surface area contributed by atoms with Gasteiger partial charge in [-0.3, -0.25) is 10.1 Å². The average Bonchev–Trinajstić information content (AvgIpc) is 2.26. The Balaban J connectivity index is 2.66. The van der Waals surface area contributed by atoms with Gasteiger partial charge in [0.2, 0.25) is 6.54 Å². The summed E-state index contributed by atoms with van der Waals surface area (Å²) in [5.41, 5.74) is 0.374. The van der Waals surface area contributed by atoms with Gasteiger partial charge in [0.25, 0.3) is 0 Å². The maximum atomic E-state index is 10.5. The molecule has 0 spiro atoms. The monoisotopic (exact) mass is 208 g/mol. The summed E-state index contributed by atoms with van der Waals surface area (Å²) >= 11 is 0. The second kappa shape index (κ2) is 5.50. The molecule has 1 fully saturated rings. The zero-order chi connectivity index (χ0) is 11.3. The van der Waals surface area contributed by atoms with Crippen LogP contribution in [0, 0.1) is 33.3 Å². The first-order valence-corrected chi connectivity index (χ1v) is 5.36. The first kappa shape index (κ1) is 11.7. The zero-order valence-corrected chi connectivity index (χ0v) is 8.82. The first-order chi connectivity index (χ1) is 7.15. The highest BCUT2D eigenvalue weighted by atomic mass is 16.6. The van der Waals surface area contributed by atoms with E-state index in [1.807, 2.05) is 6.07 Å². The summed E-state index contributed by atoms with van der Waals surface area (Å²) in [6.45, 7) is 3.49. The number of hydrogen-bond donors (Lipinski definition) is 0. The van der Waals surface area contributed by atoms with E-state index >= 15 is 0 Å². The summed E-state index contributed by atoms with van der Waals surface area (Å²) in [6, 6.07) is 1.97. The van der Waals surface area contributed by atoms with Crippen LogP contribution in [0.15, 0.2) is 12.2 Å². The SMILES string of the molecule is C=C(C#N)C(C[N+](=O)[O-])C1CCCCC1. The highest BCUT2D eigenvalue weighted by molar-refractivity contribution is 5.20. The van der Waals surface area contributed by atoms with E-state index in [4.69, 9.17) is 5.26 Å². The van der Waals surface area contributed by atoms with E-state index in [2.05, 4.69) is 6.58 Å². The van der Waals surface area contributed by atoms with Gasteiger partial charge in [0.05, 0.1) is 12.0 Å². The van der Waals surface area contributed by atoms with Crippen molar-refractivity contribution in [2.24, 2.45) is 11.8 Å². The molecule has 4 heteroatoms. The predicted molar refractivity (Wildman–Crippen MR) is 56.7 cm³/mol. The van der Waals surface area contributed by atoms with Crippen LogP contribution in [0.5, 0.6) is 0 Å². The lowest BCUT2D eigenvalue weighted by atomic mass is 9.77. The summed E-state index contributed by atoms with van der Waals surface area (Å²) < 4.78 is 0. The fraction of sp³-hybridized carbons (Fsp3) is 0.727. The van der Waals surface area contributed by atoms with Gasteiger partial charge >= 0.3 is 0 Å². The highest BCUT2D eigenvalue weighted by Crippen LogP contribution is 2.33. The summed E-state index contributed by atoms with van der Waals surface area (Å²) in [7, 11) is 0. The van der Waals surface area contributed by atoms with Gasteiger partial charge in [0, 0.05) is 10.5 Å². The van der Waals surface area contributed by atoms with Crippen LogP contribution in [-0.4, -0.2) is 11.5 Å². The lowest BCUT2D eigenvalue weighted by molar-refractivity contribution is -0.488. The van der Waals surface area contributed by atoms with Crippen molar-refractivity contribution < 1.29 is 4.92 Å². The van der Waals surface area contributed by atoms with Crippen LogP contribution >= 0.6 is 0 Å². The van der Waals surface area contributed by atoms with Crippen LogP contribution in [0.25, 0.3) is 0 Å². The van der Waals surface area contributed by atoms with Crippen molar-refractivity contribution >= 4 is 0 Å². The molecule has 1 aliphatic carbocycles. The van der Waals surface area contributed by atoms with Crippen LogP contribution in [0.2, 0.25) is 0 Å². The highest BCUT2D eigenvalue weighted by Gasteiger charge is 2.29. The summed E-state index contributed by atoms with van der Waals surface area (Å²) in [6.07, 6.45) is 5.45. The Labute approximate surface area is 89.7 Å². The minimum atomic E-state index is -0.332. The third kappa shape index (κ3) is 3.35. The lowest BCUT2D eigenvalue weighted by Crippen LogP contribution is -2.26. The van der Waals surface area contributed by atoms with E-state index in [-0.39, 0.29) is 23.3 Å². The Kier molecular flexibility index (Phi) is 4.29. The van der Waals surface area contributed by atoms with Crippen LogP contribution < -0.4 is 0 Å². The molecule has 82 valence electrons. The second-order valence-electron chi connectivity index (χ2n) is 4.16. The second-order valence-corrected chi connectivity index (χ2v) is 4.16. The van der Waals surface area contributed by atoms with E-state index in [1.54, 1.807) is 0 Å². The van der Waals surface area contributed by atoms with Crippen LogP contribution in [0.1, 0.15) is 32.1 Å². The minimum Gasteiger partial charge on any atom is -0.265 e. The molecule has 1 unspecified atom stereocenters. The number of hydrogen-bond acceptors (Lipinski definition) is 3. The van der Waals surface area contributed by atoms with Gasteiger partial charge in [-0.05, 0) is 18.8 Å². The van der Waals surface area contributed by atoms with Gasteiger partial charge in [0.15, 0.2) is 0 Å². The van der Waals surface area contributed by atoms with Crippen molar-refractivity contribution in [3.8, 4) is 6.07 Å². The molecule has 1 rings (SSSR count). The van der Waals surface area contributed by atoms with Gasteiger partial charge in [-0.15, -0.1) is 0 Å². The molecule has 0 aromatic carbocycles. The standard InChI is InChI=1S/C11H16N2O2/c1-9(7-12)11(8-13(14)15)10-5-3-2-4-6-10/h10-11H,1-6,8H2. The molecule has 0 aromatic rings. The Hall–Kier alpha value is -1.37. The fourth-order valence-corrected chi connectivity index (χ4v) is 2.32. The fourth-order valence-electron chi connectivity index (χ4n) is 2.32. The average molecular weight is 208 g/mol. The van der Waals surface area contributed by atoms with Crippen LogP contribution in [0.3, 0.4) is 0 Å². The third-order valence-corrected chi connectivity index (χ3v) is 3.16. The predicted octanol–water partition coefficient (Wildman–Crippen LogP) is 2.54. The molecule has 1 aliphatic rings. The molecule has 0 radical (unpaired) electrons. The van der Waals surface area contributed by atoms with Crippen molar-refractivity contribution in [3.05, 3.63) is 22.3 Å². The lowest BCUT2D eigenvalue weighted by Gasteiger charge is -2.26. The van der Waals surface area contributed by atoms with Gasteiger partial charge in [0.1, 0.15) is 0 Å². The van der Waals surface area contributed by atoms with Crippen molar-refractivity contribution in [2.45, 2.75) is 32.1 Å². The topological polar surface area (TPSA) is 66.9 Å². The van der Waals surface area contributed by atoms with E-state index < -0.39 is 0 Å². The Bertz CT molecular complexity index is 287. The molecule has 1 saturated carbocycles. The summed E-state index contributed by atoms with van der Waals surface area (Å²) in [5, 5.41) is 19.3. The molecule has 0 heterocycles. The van der Waals surface area contributed by atoms with E-state index in [9.17, 15) is 10.1 Å². The number of nitro groups is 1. The third-order valence-electron chi connectivity index (χ3n) is 3.16. The van der Waals surface area contributed by atoms with E-state index in [1.165, 1.54) is 6.42 Å². The van der Waals surface area contributed by atoms with Crippen LogP contribution in [0.4, 0.5) is 0 Å². The maximum absolute atomic E-state index is 10.5. The molecular formula is C11H16N2O2. The largest absolute Gasteiger partial charge is 0.265 e. The Morgan fingerprint density at radius 2 is 2.13 bits per heavy atom. The van der Waals surface area contributed by atoms with Crippen molar-refractivity contribution in [2.75, 3.05) is 6.54 Å². The molecule has 0 aromatic heterocycles.